The van der Waals surface area contributed by atoms with Crippen LogP contribution in [0.3, 0.4) is 0 Å². The van der Waals surface area contributed by atoms with Gasteiger partial charge < -0.3 is 5.32 Å². The number of aliphatic imine (C=N–C) groups is 3. The molecule has 0 saturated carbocycles. The standard InChI is InChI=1S/C23H38N4/c1-16(2)24-20(22(5,6)7)26-19(18-14-12-11-13-15-18)27-21(23(8,9)10)25-17(3)4/h11-17H,1-10H3,(H,24,25,26,27). The molecule has 0 heterocycles. The maximum absolute atomic E-state index is 4.99. The molecule has 0 fully saturated rings. The average Bonchev–Trinajstić information content (AvgIpc) is 2.50. The maximum Gasteiger partial charge on any atom is 0.140 e. The van der Waals surface area contributed by atoms with E-state index in [1.807, 2.05) is 18.2 Å². The minimum Gasteiger partial charge on any atom is -0.328 e. The van der Waals surface area contributed by atoms with Crippen molar-refractivity contribution in [1.82, 2.24) is 5.32 Å². The van der Waals surface area contributed by atoms with Crippen molar-refractivity contribution in [2.24, 2.45) is 25.8 Å². The van der Waals surface area contributed by atoms with E-state index in [2.05, 4.69) is 86.7 Å². The number of nitrogens with zero attached hydrogens (tertiary/aromatic N) is 3. The quantitative estimate of drug-likeness (QED) is 0.536. The summed E-state index contributed by atoms with van der Waals surface area (Å²) >= 11 is 0. The molecule has 1 aromatic rings. The zero-order valence-corrected chi connectivity index (χ0v) is 18.9. The lowest BCUT2D eigenvalue weighted by Gasteiger charge is -2.26. The van der Waals surface area contributed by atoms with Crippen molar-refractivity contribution < 1.29 is 0 Å². The summed E-state index contributed by atoms with van der Waals surface area (Å²) < 4.78 is 0. The van der Waals surface area contributed by atoms with Gasteiger partial charge in [-0.15, -0.1) is 0 Å². The smallest absolute Gasteiger partial charge is 0.140 e. The lowest BCUT2D eigenvalue weighted by molar-refractivity contribution is 0.568. The first kappa shape index (κ1) is 23.1. The second-order valence-corrected chi connectivity index (χ2v) is 9.57. The fraction of sp³-hybridized carbons (Fsp3) is 0.609. The fourth-order valence-corrected chi connectivity index (χ4v) is 2.29. The molecule has 4 nitrogen and oxygen atoms in total. The summed E-state index contributed by atoms with van der Waals surface area (Å²) in [5.74, 6) is 2.55. The summed E-state index contributed by atoms with van der Waals surface area (Å²) in [7, 11) is 0. The van der Waals surface area contributed by atoms with Crippen LogP contribution in [0.25, 0.3) is 0 Å². The zero-order valence-electron chi connectivity index (χ0n) is 18.9. The molecule has 27 heavy (non-hydrogen) atoms. The third-order valence-corrected chi connectivity index (χ3v) is 3.65. The number of hydrogen-bond donors (Lipinski definition) is 1. The van der Waals surface area contributed by atoms with Crippen LogP contribution in [0, 0.1) is 10.8 Å². The van der Waals surface area contributed by atoms with Gasteiger partial charge in [0, 0.05) is 28.5 Å². The van der Waals surface area contributed by atoms with Crippen LogP contribution in [0.1, 0.15) is 74.8 Å². The number of amidine groups is 3. The molecular formula is C23H38N4. The van der Waals surface area contributed by atoms with E-state index in [0.29, 0.717) is 0 Å². The van der Waals surface area contributed by atoms with Crippen LogP contribution in [-0.2, 0) is 0 Å². The van der Waals surface area contributed by atoms with Gasteiger partial charge in [-0.2, -0.15) is 0 Å². The zero-order chi connectivity index (χ0) is 20.8. The Morgan fingerprint density at radius 3 is 1.70 bits per heavy atom. The SMILES string of the molecule is CC(C)N=C(N=C(NC(=NC(C)C)C(C)(C)C)c1ccccc1)C(C)(C)C. The van der Waals surface area contributed by atoms with Gasteiger partial charge in [-0.3, -0.25) is 9.98 Å². The van der Waals surface area contributed by atoms with Crippen molar-refractivity contribution in [1.29, 1.82) is 0 Å². The van der Waals surface area contributed by atoms with Gasteiger partial charge in [-0.25, -0.2) is 4.99 Å². The van der Waals surface area contributed by atoms with E-state index in [4.69, 9.17) is 15.0 Å². The molecule has 0 radical (unpaired) electrons. The molecule has 1 rings (SSSR count). The van der Waals surface area contributed by atoms with Crippen molar-refractivity contribution in [3.05, 3.63) is 35.9 Å². The summed E-state index contributed by atoms with van der Waals surface area (Å²) in [5.41, 5.74) is 0.763. The van der Waals surface area contributed by atoms with Crippen molar-refractivity contribution in [3.63, 3.8) is 0 Å². The van der Waals surface area contributed by atoms with Gasteiger partial charge in [-0.1, -0.05) is 71.9 Å². The molecule has 0 atom stereocenters. The Balaban J connectivity index is 3.54. The Morgan fingerprint density at radius 1 is 0.778 bits per heavy atom. The van der Waals surface area contributed by atoms with E-state index in [1.54, 1.807) is 0 Å². The van der Waals surface area contributed by atoms with Crippen LogP contribution < -0.4 is 5.32 Å². The summed E-state index contributed by atoms with van der Waals surface area (Å²) in [5, 5.41) is 3.54. The molecule has 0 amide bonds. The van der Waals surface area contributed by atoms with E-state index < -0.39 is 0 Å². The van der Waals surface area contributed by atoms with Gasteiger partial charge in [0.2, 0.25) is 0 Å². The van der Waals surface area contributed by atoms with E-state index in [0.717, 1.165) is 23.1 Å². The predicted molar refractivity (Wildman–Crippen MR) is 120 cm³/mol. The Morgan fingerprint density at radius 2 is 1.30 bits per heavy atom. The van der Waals surface area contributed by atoms with E-state index in [-0.39, 0.29) is 22.9 Å². The Hall–Kier alpha value is -1.97. The Bertz CT molecular complexity index is 681. The number of benzene rings is 1. The minimum absolute atomic E-state index is 0.114. The second kappa shape index (κ2) is 9.29. The van der Waals surface area contributed by atoms with Crippen LogP contribution >= 0.6 is 0 Å². The molecule has 0 unspecified atom stereocenters. The Kier molecular flexibility index (Phi) is 7.94. The van der Waals surface area contributed by atoms with E-state index in [9.17, 15) is 0 Å². The van der Waals surface area contributed by atoms with Crippen molar-refractivity contribution in [2.75, 3.05) is 0 Å². The normalized spacial score (nSPS) is 14.9. The molecule has 4 heteroatoms. The molecule has 0 spiro atoms. The third kappa shape index (κ3) is 8.06. The first-order valence-electron chi connectivity index (χ1n) is 9.88. The number of hydrogen-bond acceptors (Lipinski definition) is 2. The molecule has 150 valence electrons. The van der Waals surface area contributed by atoms with E-state index >= 15 is 0 Å². The van der Waals surface area contributed by atoms with Crippen molar-refractivity contribution >= 4 is 17.5 Å². The van der Waals surface area contributed by atoms with Crippen LogP contribution in [0.2, 0.25) is 0 Å². The highest BCUT2D eigenvalue weighted by Gasteiger charge is 2.24. The van der Waals surface area contributed by atoms with E-state index in [1.165, 1.54) is 0 Å². The topological polar surface area (TPSA) is 49.1 Å². The Labute approximate surface area is 166 Å². The van der Waals surface area contributed by atoms with Crippen LogP contribution in [-0.4, -0.2) is 29.6 Å². The van der Waals surface area contributed by atoms with Gasteiger partial charge in [-0.05, 0) is 27.7 Å². The van der Waals surface area contributed by atoms with Crippen LogP contribution in [0.5, 0.6) is 0 Å². The molecule has 0 aliphatic heterocycles. The maximum atomic E-state index is 4.99. The molecule has 0 aliphatic carbocycles. The molecule has 0 saturated heterocycles. The summed E-state index contributed by atoms with van der Waals surface area (Å²) in [6, 6.07) is 10.6. The third-order valence-electron chi connectivity index (χ3n) is 3.65. The monoisotopic (exact) mass is 370 g/mol. The van der Waals surface area contributed by atoms with Gasteiger partial charge in [0.15, 0.2) is 0 Å². The van der Waals surface area contributed by atoms with Crippen LogP contribution in [0.15, 0.2) is 45.3 Å². The number of nitrogens with one attached hydrogen (secondary N) is 1. The highest BCUT2D eigenvalue weighted by Crippen LogP contribution is 2.20. The first-order chi connectivity index (χ1) is 12.3. The lowest BCUT2D eigenvalue weighted by atomic mass is 9.93. The molecule has 0 bridgehead atoms. The molecule has 0 aromatic heterocycles. The highest BCUT2D eigenvalue weighted by atomic mass is 15.1. The summed E-state index contributed by atoms with van der Waals surface area (Å²) in [6.07, 6.45) is 0. The van der Waals surface area contributed by atoms with Gasteiger partial charge in [0.25, 0.3) is 0 Å². The lowest BCUT2D eigenvalue weighted by Crippen LogP contribution is -2.41. The van der Waals surface area contributed by atoms with Gasteiger partial charge in [0.1, 0.15) is 17.5 Å². The molecule has 1 N–H and O–H groups in total. The summed E-state index contributed by atoms with van der Waals surface area (Å²) in [6.45, 7) is 21.3. The highest BCUT2D eigenvalue weighted by molar-refractivity contribution is 6.15. The molecular weight excluding hydrogens is 332 g/mol. The first-order valence-corrected chi connectivity index (χ1v) is 9.88. The fourth-order valence-electron chi connectivity index (χ4n) is 2.29. The van der Waals surface area contributed by atoms with Crippen LogP contribution in [0.4, 0.5) is 0 Å². The van der Waals surface area contributed by atoms with Gasteiger partial charge >= 0.3 is 0 Å². The minimum atomic E-state index is -0.150. The molecule has 1 aromatic carbocycles. The average molecular weight is 371 g/mol. The second-order valence-electron chi connectivity index (χ2n) is 9.57. The summed E-state index contributed by atoms with van der Waals surface area (Å²) in [4.78, 5) is 14.6. The van der Waals surface area contributed by atoms with Gasteiger partial charge in [0.05, 0.1) is 0 Å². The largest absolute Gasteiger partial charge is 0.328 e. The predicted octanol–water partition coefficient (Wildman–Crippen LogP) is 5.73. The van der Waals surface area contributed by atoms with Crippen molar-refractivity contribution in [2.45, 2.75) is 81.3 Å². The number of rotatable bonds is 3. The molecule has 0 aliphatic rings. The van der Waals surface area contributed by atoms with Crippen molar-refractivity contribution in [3.8, 4) is 0 Å².